The molecule has 4 atom stereocenters. The van der Waals surface area contributed by atoms with Gasteiger partial charge in [0.1, 0.15) is 23.6 Å². The Bertz CT molecular complexity index is 1170. The van der Waals surface area contributed by atoms with Crippen molar-refractivity contribution in [1.82, 2.24) is 15.3 Å². The van der Waals surface area contributed by atoms with E-state index in [9.17, 15) is 10.1 Å². The first-order valence-electron chi connectivity index (χ1n) is 11.0. The van der Waals surface area contributed by atoms with Crippen LogP contribution in [0.3, 0.4) is 0 Å². The van der Waals surface area contributed by atoms with Crippen LogP contribution >= 0.6 is 0 Å². The van der Waals surface area contributed by atoms with E-state index in [2.05, 4.69) is 32.0 Å². The maximum absolute atomic E-state index is 12.9. The van der Waals surface area contributed by atoms with E-state index in [1.165, 1.54) is 0 Å². The summed E-state index contributed by atoms with van der Waals surface area (Å²) in [5.74, 6) is 0.390. The van der Waals surface area contributed by atoms with Gasteiger partial charge < -0.3 is 25.0 Å². The molecule has 2 saturated heterocycles. The topological polar surface area (TPSA) is 124 Å². The average Bonchev–Trinajstić information content (AvgIpc) is 3.37. The van der Waals surface area contributed by atoms with Crippen LogP contribution in [0, 0.1) is 18.3 Å². The molecular weight excluding hydrogens is 422 g/mol. The third kappa shape index (κ3) is 3.70. The van der Waals surface area contributed by atoms with E-state index in [0.29, 0.717) is 30.2 Å². The molecule has 10 heteroatoms. The molecule has 10 nitrogen and oxygen atoms in total. The minimum atomic E-state index is -0.754. The summed E-state index contributed by atoms with van der Waals surface area (Å²) in [5, 5.41) is 19.4. The fraction of sp³-hybridized carbons (Fsp3) is 0.391. The van der Waals surface area contributed by atoms with E-state index in [1.807, 2.05) is 49.9 Å². The van der Waals surface area contributed by atoms with Crippen molar-refractivity contribution in [2.24, 2.45) is 0 Å². The molecule has 3 aliphatic rings. The number of para-hydroxylation sites is 2. The zero-order valence-electron chi connectivity index (χ0n) is 18.6. The third-order valence-electron chi connectivity index (χ3n) is 6.06. The number of nitriles is 1. The smallest absolute Gasteiger partial charge is 0.258 e. The average molecular weight is 447 g/mol. The minimum absolute atomic E-state index is 0.00985. The number of benzene rings is 1. The van der Waals surface area contributed by atoms with Crippen LogP contribution in [0.1, 0.15) is 25.1 Å². The number of fused-ring (bicyclic) bond motifs is 3. The highest BCUT2D eigenvalue weighted by atomic mass is 16.7. The number of nitrogens with one attached hydrogen (secondary N) is 3. The maximum Gasteiger partial charge on any atom is 0.258 e. The second kappa shape index (κ2) is 8.44. The molecule has 1 aromatic heterocycles. The summed E-state index contributed by atoms with van der Waals surface area (Å²) in [7, 11) is 0. The van der Waals surface area contributed by atoms with Crippen LogP contribution < -0.4 is 20.9 Å². The number of carbonyl (C=O) groups excluding carboxylic acids is 1. The van der Waals surface area contributed by atoms with Gasteiger partial charge in [0.2, 0.25) is 5.95 Å². The SMILES string of the molecule is CCN1C(=C(C#N)c2nc(NC(=O)[C@@H]3O[C@@H]4O[C@H]3CN[C@H]4C)ncc2C)Nc2ccccc21. The van der Waals surface area contributed by atoms with E-state index in [1.54, 1.807) is 6.20 Å². The molecule has 1 aromatic carbocycles. The Morgan fingerprint density at radius 2 is 2.18 bits per heavy atom. The number of carbonyl (C=O) groups is 1. The number of amides is 1. The van der Waals surface area contributed by atoms with Gasteiger partial charge >= 0.3 is 0 Å². The molecule has 0 spiro atoms. The van der Waals surface area contributed by atoms with Crippen molar-refractivity contribution >= 4 is 28.8 Å². The van der Waals surface area contributed by atoms with Gasteiger partial charge in [-0.25, -0.2) is 9.97 Å². The van der Waals surface area contributed by atoms with Gasteiger partial charge in [-0.2, -0.15) is 5.26 Å². The summed E-state index contributed by atoms with van der Waals surface area (Å²) in [6.45, 7) is 7.00. The maximum atomic E-state index is 12.9. The first-order valence-corrected chi connectivity index (χ1v) is 11.0. The van der Waals surface area contributed by atoms with Crippen LogP contribution in [0.5, 0.6) is 0 Å². The van der Waals surface area contributed by atoms with E-state index in [0.717, 1.165) is 16.9 Å². The highest BCUT2D eigenvalue weighted by molar-refractivity contribution is 5.94. The first kappa shape index (κ1) is 21.3. The predicted molar refractivity (Wildman–Crippen MR) is 122 cm³/mol. The summed E-state index contributed by atoms with van der Waals surface area (Å²) in [6.07, 6.45) is 0.0183. The van der Waals surface area contributed by atoms with Crippen LogP contribution in [0.2, 0.25) is 0 Å². The molecule has 4 heterocycles. The van der Waals surface area contributed by atoms with Gasteiger partial charge in [-0.1, -0.05) is 12.1 Å². The summed E-state index contributed by atoms with van der Waals surface area (Å²) in [4.78, 5) is 23.7. The molecule has 0 aliphatic carbocycles. The number of hydrogen-bond donors (Lipinski definition) is 3. The Hall–Kier alpha value is -3.52. The summed E-state index contributed by atoms with van der Waals surface area (Å²) in [5.41, 5.74) is 3.47. The molecule has 0 radical (unpaired) electrons. The molecule has 33 heavy (non-hydrogen) atoms. The zero-order valence-corrected chi connectivity index (χ0v) is 18.6. The molecule has 170 valence electrons. The molecule has 3 N–H and O–H groups in total. The number of ether oxygens (including phenoxy) is 2. The quantitative estimate of drug-likeness (QED) is 0.603. The van der Waals surface area contributed by atoms with Crippen LogP contribution in [0.15, 0.2) is 36.3 Å². The normalized spacial score (nSPS) is 26.9. The van der Waals surface area contributed by atoms with Crippen LogP contribution in [-0.4, -0.2) is 53.5 Å². The van der Waals surface area contributed by atoms with Crippen molar-refractivity contribution in [3.63, 3.8) is 0 Å². The fourth-order valence-electron chi connectivity index (χ4n) is 4.34. The minimum Gasteiger partial charge on any atom is -0.343 e. The second-order valence-corrected chi connectivity index (χ2v) is 8.23. The van der Waals surface area contributed by atoms with Gasteiger partial charge in [0.05, 0.1) is 23.1 Å². The highest BCUT2D eigenvalue weighted by Gasteiger charge is 2.46. The van der Waals surface area contributed by atoms with Crippen LogP contribution in [-0.2, 0) is 14.3 Å². The predicted octanol–water partition coefficient (Wildman–Crippen LogP) is 1.97. The molecule has 3 aliphatic heterocycles. The molecule has 5 rings (SSSR count). The number of aryl methyl sites for hydroxylation is 1. The van der Waals surface area contributed by atoms with Crippen molar-refractivity contribution in [1.29, 1.82) is 5.26 Å². The van der Waals surface area contributed by atoms with Crippen molar-refractivity contribution in [3.05, 3.63) is 47.5 Å². The lowest BCUT2D eigenvalue weighted by Gasteiger charge is -2.25. The van der Waals surface area contributed by atoms with Crippen molar-refractivity contribution in [3.8, 4) is 6.07 Å². The van der Waals surface area contributed by atoms with Crippen LogP contribution in [0.25, 0.3) is 5.57 Å². The fourth-order valence-corrected chi connectivity index (χ4v) is 4.34. The van der Waals surface area contributed by atoms with E-state index >= 15 is 0 Å². The number of morpholine rings is 1. The molecule has 0 unspecified atom stereocenters. The third-order valence-corrected chi connectivity index (χ3v) is 6.06. The Morgan fingerprint density at radius 3 is 2.94 bits per heavy atom. The number of anilines is 3. The monoisotopic (exact) mass is 447 g/mol. The van der Waals surface area contributed by atoms with E-state index in [4.69, 9.17) is 9.47 Å². The Morgan fingerprint density at radius 1 is 1.36 bits per heavy atom. The zero-order chi connectivity index (χ0) is 23.1. The summed E-state index contributed by atoms with van der Waals surface area (Å²) >= 11 is 0. The molecular formula is C23H25N7O3. The molecule has 2 bridgehead atoms. The molecule has 2 fully saturated rings. The van der Waals surface area contributed by atoms with Crippen LogP contribution in [0.4, 0.5) is 17.3 Å². The van der Waals surface area contributed by atoms with Gasteiger partial charge in [-0.3, -0.25) is 10.1 Å². The van der Waals surface area contributed by atoms with E-state index < -0.39 is 12.4 Å². The van der Waals surface area contributed by atoms with Gasteiger partial charge in [0, 0.05) is 19.3 Å². The Kier molecular flexibility index (Phi) is 5.46. The molecule has 2 aromatic rings. The van der Waals surface area contributed by atoms with Gasteiger partial charge in [0.25, 0.3) is 5.91 Å². The summed E-state index contributed by atoms with van der Waals surface area (Å²) < 4.78 is 11.5. The lowest BCUT2D eigenvalue weighted by molar-refractivity contribution is -0.130. The number of hydrogen-bond acceptors (Lipinski definition) is 9. The van der Waals surface area contributed by atoms with E-state index in [-0.39, 0.29) is 24.0 Å². The number of nitrogens with zero attached hydrogens (tertiary/aromatic N) is 4. The summed E-state index contributed by atoms with van der Waals surface area (Å²) in [6, 6.07) is 10.2. The van der Waals surface area contributed by atoms with Gasteiger partial charge in [-0.15, -0.1) is 0 Å². The highest BCUT2D eigenvalue weighted by Crippen LogP contribution is 2.39. The first-order chi connectivity index (χ1) is 16.0. The van der Waals surface area contributed by atoms with Crippen molar-refractivity contribution in [2.75, 3.05) is 28.6 Å². The number of aromatic nitrogens is 2. The molecule has 0 saturated carbocycles. The standard InChI is InChI=1S/C23H25N7O3/c1-4-30-16-8-6-5-7-15(16)27-20(30)14(9-24)18-12(2)10-26-23(28-18)29-21(31)19-17-11-25-13(3)22(32-17)33-19/h5-8,10,13,17,19,22,25,27H,4,11H2,1-3H3,(H,26,28,29,31)/t13-,17-,19+,22-/m0/s1. The molecule has 1 amide bonds. The lowest BCUT2D eigenvalue weighted by atomic mass is 10.1. The van der Waals surface area contributed by atoms with Gasteiger partial charge in [0.15, 0.2) is 12.4 Å². The largest absolute Gasteiger partial charge is 0.343 e. The van der Waals surface area contributed by atoms with Crippen molar-refractivity contribution in [2.45, 2.75) is 45.3 Å². The second-order valence-electron chi connectivity index (χ2n) is 8.23. The Balaban J connectivity index is 1.44. The number of allylic oxidation sites excluding steroid dienone is 1. The van der Waals surface area contributed by atoms with Gasteiger partial charge in [-0.05, 0) is 38.5 Å². The Labute approximate surface area is 191 Å². The lowest BCUT2D eigenvalue weighted by Crippen LogP contribution is -2.48. The number of rotatable bonds is 4. The van der Waals surface area contributed by atoms with Crippen molar-refractivity contribution < 1.29 is 14.3 Å².